The van der Waals surface area contributed by atoms with Crippen LogP contribution in [0.2, 0.25) is 0 Å². The SMILES string of the molecule is CC(C)(C)c1cc2c(c(C(C)(C)C)c1)Oc1c(c(C(C)(C)C)c([O-])c([O-])c1C(C)(C)C)O2.CCCC(=Nc1c(C)cccc1C)C(C)=Nc1c(C)cccc1C.[Ni+2]. The van der Waals surface area contributed by atoms with E-state index in [0.29, 0.717) is 34.1 Å². The summed E-state index contributed by atoms with van der Waals surface area (Å²) in [7, 11) is 0. The van der Waals surface area contributed by atoms with Crippen LogP contribution in [0.5, 0.6) is 34.5 Å². The zero-order valence-electron chi connectivity index (χ0n) is 37.9. The standard InChI is InChI=1S/C28H40O4.C22H28N2.Ni/c1-25(2,3)15-13-16(26(4,5)6)22-17(14-15)31-23-18(27(7,8)9)20(29)21(30)19(24(23)32-22)28(10,11)12;1-7-10-20(24-22-17(4)13-9-14-18(22)5)19(6)23-21-15(2)11-8-12-16(21)3;/h13-14,29-30H,1-12H3;8-9,11-14H,7,10H2,1-6H3;/q;;+2/p-2. The zero-order chi connectivity index (χ0) is 42.3. The van der Waals surface area contributed by atoms with Crippen LogP contribution in [0.15, 0.2) is 58.5 Å². The molecule has 5 rings (SSSR count). The van der Waals surface area contributed by atoms with E-state index in [0.717, 1.165) is 46.8 Å². The van der Waals surface area contributed by atoms with Gasteiger partial charge in [0.1, 0.15) is 0 Å². The van der Waals surface area contributed by atoms with Gasteiger partial charge in [0.25, 0.3) is 0 Å². The van der Waals surface area contributed by atoms with E-state index in [-0.39, 0.29) is 27.3 Å². The topological polar surface area (TPSA) is 89.3 Å². The van der Waals surface area contributed by atoms with Crippen molar-refractivity contribution < 1.29 is 36.2 Å². The predicted molar refractivity (Wildman–Crippen MR) is 233 cm³/mol. The molecule has 4 aromatic carbocycles. The van der Waals surface area contributed by atoms with Gasteiger partial charge in [0.15, 0.2) is 23.0 Å². The zero-order valence-corrected chi connectivity index (χ0v) is 38.9. The van der Waals surface area contributed by atoms with Crippen LogP contribution in [0.3, 0.4) is 0 Å². The van der Waals surface area contributed by atoms with Crippen molar-refractivity contribution in [2.24, 2.45) is 9.98 Å². The smallest absolute Gasteiger partial charge is 0.873 e. The summed E-state index contributed by atoms with van der Waals surface area (Å²) in [4.78, 5) is 9.91. The van der Waals surface area contributed by atoms with Crippen molar-refractivity contribution >= 4 is 22.8 Å². The first-order valence-corrected chi connectivity index (χ1v) is 20.1. The van der Waals surface area contributed by atoms with E-state index in [2.05, 4.69) is 126 Å². The van der Waals surface area contributed by atoms with Gasteiger partial charge in [0.05, 0.1) is 22.8 Å². The molecule has 57 heavy (non-hydrogen) atoms. The summed E-state index contributed by atoms with van der Waals surface area (Å²) in [5.41, 5.74) is 10.5. The normalized spacial score (nSPS) is 13.4. The Bertz CT molecular complexity index is 2130. The molecule has 6 nitrogen and oxygen atoms in total. The summed E-state index contributed by atoms with van der Waals surface area (Å²) < 4.78 is 13.1. The molecule has 4 aromatic rings. The average molecular weight is 818 g/mol. The van der Waals surface area contributed by atoms with Gasteiger partial charge in [-0.15, -0.1) is 11.5 Å². The number of hydrogen-bond donors (Lipinski definition) is 0. The third kappa shape index (κ3) is 10.5. The third-order valence-electron chi connectivity index (χ3n) is 10.3. The van der Waals surface area contributed by atoms with Crippen molar-refractivity contribution in [3.05, 3.63) is 93.0 Å². The second kappa shape index (κ2) is 17.4. The van der Waals surface area contributed by atoms with E-state index in [1.807, 2.05) is 47.6 Å². The summed E-state index contributed by atoms with van der Waals surface area (Å²) in [6.07, 6.45) is 2.00. The van der Waals surface area contributed by atoms with Gasteiger partial charge in [0, 0.05) is 5.56 Å². The molecule has 0 saturated heterocycles. The molecule has 7 heteroatoms. The molecule has 1 aliphatic heterocycles. The third-order valence-corrected chi connectivity index (χ3v) is 10.3. The maximum atomic E-state index is 13.3. The molecule has 0 unspecified atom stereocenters. The van der Waals surface area contributed by atoms with Crippen molar-refractivity contribution in [1.82, 2.24) is 0 Å². The number of nitrogens with zero attached hydrogens (tertiary/aromatic N) is 2. The molecular weight excluding hydrogens is 751 g/mol. The Morgan fingerprint density at radius 1 is 0.579 bits per heavy atom. The number of rotatable bonds is 5. The maximum Gasteiger partial charge on any atom is 2.00 e. The minimum absolute atomic E-state index is 0. The first-order valence-electron chi connectivity index (χ1n) is 20.1. The van der Waals surface area contributed by atoms with Crippen molar-refractivity contribution in [1.29, 1.82) is 0 Å². The van der Waals surface area contributed by atoms with E-state index < -0.39 is 22.3 Å². The van der Waals surface area contributed by atoms with Gasteiger partial charge in [-0.25, -0.2) is 0 Å². The Hall–Kier alpha value is -4.09. The number of fused-ring (bicyclic) bond motifs is 2. The molecule has 0 saturated carbocycles. The Morgan fingerprint density at radius 2 is 1.00 bits per heavy atom. The molecule has 0 radical (unpaired) electrons. The quantitative estimate of drug-likeness (QED) is 0.130. The predicted octanol–water partition coefficient (Wildman–Crippen LogP) is 13.5. The van der Waals surface area contributed by atoms with E-state index in [9.17, 15) is 10.2 Å². The van der Waals surface area contributed by atoms with E-state index in [1.165, 1.54) is 22.3 Å². The van der Waals surface area contributed by atoms with Crippen molar-refractivity contribution in [3.8, 4) is 34.5 Å². The van der Waals surface area contributed by atoms with Gasteiger partial charge < -0.3 is 19.7 Å². The molecular formula is C50H66N2NiO4. The second-order valence-electron chi connectivity index (χ2n) is 19.6. The van der Waals surface area contributed by atoms with Crippen LogP contribution in [0.4, 0.5) is 11.4 Å². The summed E-state index contributed by atoms with van der Waals surface area (Å²) >= 11 is 0. The first kappa shape index (κ1) is 47.3. The Balaban J connectivity index is 0.000000312. The molecule has 0 aromatic heterocycles. The minimum atomic E-state index is -0.579. The molecule has 0 aliphatic carbocycles. The average Bonchev–Trinajstić information content (AvgIpc) is 3.05. The summed E-state index contributed by atoms with van der Waals surface area (Å²) in [5.74, 6) is 0.978. The molecule has 1 aliphatic rings. The van der Waals surface area contributed by atoms with E-state index in [1.54, 1.807) is 0 Å². The molecule has 0 fully saturated rings. The number of para-hydroxylation sites is 2. The largest absolute Gasteiger partial charge is 2.00 e. The van der Waals surface area contributed by atoms with Crippen LogP contribution >= 0.6 is 0 Å². The Morgan fingerprint density at radius 3 is 1.39 bits per heavy atom. The molecule has 310 valence electrons. The van der Waals surface area contributed by atoms with Crippen LogP contribution in [0.25, 0.3) is 0 Å². The van der Waals surface area contributed by atoms with Crippen molar-refractivity contribution in [2.75, 3.05) is 0 Å². The summed E-state index contributed by atoms with van der Waals surface area (Å²) in [6, 6.07) is 16.8. The molecule has 0 atom stereocenters. The Kier molecular flexibility index (Phi) is 14.4. The second-order valence-corrected chi connectivity index (χ2v) is 19.6. The van der Waals surface area contributed by atoms with Crippen molar-refractivity contribution in [2.45, 2.75) is 159 Å². The van der Waals surface area contributed by atoms with Crippen LogP contribution in [0, 0.1) is 27.7 Å². The maximum absolute atomic E-state index is 13.3. The fourth-order valence-electron chi connectivity index (χ4n) is 7.09. The fraction of sp³-hybridized carbons (Fsp3) is 0.480. The number of aliphatic imine (C=N–C) groups is 2. The number of benzene rings is 4. The fourth-order valence-corrected chi connectivity index (χ4v) is 7.09. The number of aryl methyl sites for hydroxylation is 4. The minimum Gasteiger partial charge on any atom is -0.873 e. The van der Waals surface area contributed by atoms with E-state index >= 15 is 0 Å². The van der Waals surface area contributed by atoms with Crippen LogP contribution in [-0.2, 0) is 38.2 Å². The van der Waals surface area contributed by atoms with Crippen LogP contribution in [0.1, 0.15) is 154 Å². The molecule has 0 spiro atoms. The van der Waals surface area contributed by atoms with Crippen molar-refractivity contribution in [3.63, 3.8) is 0 Å². The van der Waals surface area contributed by atoms with Gasteiger partial charge in [-0.1, -0.05) is 139 Å². The molecule has 0 amide bonds. The number of ether oxygens (including phenoxy) is 2. The van der Waals surface area contributed by atoms with E-state index in [4.69, 9.17) is 19.5 Å². The Labute approximate surface area is 354 Å². The number of hydrogen-bond acceptors (Lipinski definition) is 6. The van der Waals surface area contributed by atoms with Crippen LogP contribution in [-0.4, -0.2) is 11.4 Å². The van der Waals surface area contributed by atoms with Crippen LogP contribution < -0.4 is 19.7 Å². The summed E-state index contributed by atoms with van der Waals surface area (Å²) in [5, 5.41) is 26.6. The van der Waals surface area contributed by atoms with Gasteiger partial charge in [0.2, 0.25) is 0 Å². The molecule has 0 bridgehead atoms. The monoisotopic (exact) mass is 816 g/mol. The summed E-state index contributed by atoms with van der Waals surface area (Å²) in [6.45, 7) is 37.2. The van der Waals surface area contributed by atoms with Gasteiger partial charge >= 0.3 is 16.5 Å². The van der Waals surface area contributed by atoms with Gasteiger partial charge in [-0.05, 0) is 108 Å². The van der Waals surface area contributed by atoms with Gasteiger partial charge in [-0.3, -0.25) is 9.98 Å². The first-order chi connectivity index (χ1) is 25.7. The molecule has 0 N–H and O–H groups in total. The van der Waals surface area contributed by atoms with Gasteiger partial charge in [-0.2, -0.15) is 0 Å². The molecule has 1 heterocycles.